The van der Waals surface area contributed by atoms with Crippen molar-refractivity contribution in [3.63, 3.8) is 0 Å². The van der Waals surface area contributed by atoms with Gasteiger partial charge in [0.15, 0.2) is 0 Å². The van der Waals surface area contributed by atoms with Gasteiger partial charge in [-0.15, -0.1) is 0 Å². The molecular formula is C16H25NO2. The molecule has 0 aromatic heterocycles. The van der Waals surface area contributed by atoms with Crippen LogP contribution in [0, 0.1) is 5.92 Å². The van der Waals surface area contributed by atoms with E-state index < -0.39 is 0 Å². The van der Waals surface area contributed by atoms with Crippen LogP contribution in [0.5, 0.6) is 0 Å². The predicted octanol–water partition coefficient (Wildman–Crippen LogP) is 3.14. The number of esters is 1. The number of hydrogen-bond acceptors (Lipinski definition) is 3. The third kappa shape index (κ3) is 5.43. The van der Waals surface area contributed by atoms with Crippen molar-refractivity contribution in [2.75, 3.05) is 6.54 Å². The number of rotatable bonds is 4. The van der Waals surface area contributed by atoms with E-state index in [9.17, 15) is 4.79 Å². The fourth-order valence-corrected chi connectivity index (χ4v) is 2.01. The zero-order chi connectivity index (χ0) is 14.1. The number of cyclic esters (lactones) is 1. The third-order valence-corrected chi connectivity index (χ3v) is 3.15. The molecule has 0 bridgehead atoms. The molecule has 2 unspecified atom stereocenters. The molecule has 1 N–H and O–H groups in total. The zero-order valence-electron chi connectivity index (χ0n) is 12.2. The number of benzene rings is 1. The Hall–Kier alpha value is -1.35. The van der Waals surface area contributed by atoms with Gasteiger partial charge in [0.1, 0.15) is 6.10 Å². The quantitative estimate of drug-likeness (QED) is 0.848. The zero-order valence-corrected chi connectivity index (χ0v) is 12.2. The fourth-order valence-electron chi connectivity index (χ4n) is 2.01. The standard InChI is InChI=1S/C14H19NO2.C2H6/c1-11-7-8-13(17-14(11)16)10-15-9-12-5-3-2-4-6-12;1-2/h2-6,11,13,15H,7-10H2,1H3;1-2H3. The van der Waals surface area contributed by atoms with Gasteiger partial charge < -0.3 is 10.1 Å². The molecule has 1 aliphatic heterocycles. The molecule has 19 heavy (non-hydrogen) atoms. The summed E-state index contributed by atoms with van der Waals surface area (Å²) >= 11 is 0. The Kier molecular flexibility index (Phi) is 7.19. The summed E-state index contributed by atoms with van der Waals surface area (Å²) in [5, 5.41) is 3.33. The van der Waals surface area contributed by atoms with Crippen LogP contribution < -0.4 is 5.32 Å². The van der Waals surface area contributed by atoms with Crippen LogP contribution in [0.25, 0.3) is 0 Å². The summed E-state index contributed by atoms with van der Waals surface area (Å²) in [6.45, 7) is 7.49. The van der Waals surface area contributed by atoms with Gasteiger partial charge >= 0.3 is 5.97 Å². The fraction of sp³-hybridized carbons (Fsp3) is 0.562. The summed E-state index contributed by atoms with van der Waals surface area (Å²) in [4.78, 5) is 11.4. The molecule has 0 amide bonds. The average molecular weight is 263 g/mol. The van der Waals surface area contributed by atoms with E-state index >= 15 is 0 Å². The van der Waals surface area contributed by atoms with Crippen molar-refractivity contribution in [3.8, 4) is 0 Å². The summed E-state index contributed by atoms with van der Waals surface area (Å²) in [7, 11) is 0. The smallest absolute Gasteiger partial charge is 0.308 e. The molecule has 2 atom stereocenters. The minimum absolute atomic E-state index is 0.0439. The minimum atomic E-state index is -0.0530. The molecular weight excluding hydrogens is 238 g/mol. The van der Waals surface area contributed by atoms with E-state index in [1.54, 1.807) is 0 Å². The molecule has 0 radical (unpaired) electrons. The van der Waals surface area contributed by atoms with E-state index in [0.29, 0.717) is 0 Å². The molecule has 0 aliphatic carbocycles. The van der Waals surface area contributed by atoms with E-state index in [2.05, 4.69) is 17.4 Å². The molecule has 0 saturated carbocycles. The van der Waals surface area contributed by atoms with Crippen LogP contribution in [0.3, 0.4) is 0 Å². The first-order valence-electron chi connectivity index (χ1n) is 7.21. The van der Waals surface area contributed by atoms with Crippen LogP contribution in [-0.4, -0.2) is 18.6 Å². The Bertz CT molecular complexity index is 364. The predicted molar refractivity (Wildman–Crippen MR) is 77.8 cm³/mol. The van der Waals surface area contributed by atoms with Gasteiger partial charge in [0.25, 0.3) is 0 Å². The summed E-state index contributed by atoms with van der Waals surface area (Å²) in [6.07, 6.45) is 1.95. The summed E-state index contributed by atoms with van der Waals surface area (Å²) < 4.78 is 5.34. The van der Waals surface area contributed by atoms with Crippen molar-refractivity contribution < 1.29 is 9.53 Å². The Morgan fingerprint density at radius 2 is 1.89 bits per heavy atom. The first-order valence-corrected chi connectivity index (χ1v) is 7.21. The number of carbonyl (C=O) groups excluding carboxylic acids is 1. The van der Waals surface area contributed by atoms with Crippen molar-refractivity contribution in [2.24, 2.45) is 5.92 Å². The molecule has 1 aromatic rings. The maximum atomic E-state index is 11.4. The van der Waals surface area contributed by atoms with Crippen molar-refractivity contribution >= 4 is 5.97 Å². The number of nitrogens with one attached hydrogen (secondary N) is 1. The molecule has 3 heteroatoms. The van der Waals surface area contributed by atoms with Crippen molar-refractivity contribution in [2.45, 2.75) is 46.3 Å². The molecule has 2 rings (SSSR count). The highest BCUT2D eigenvalue weighted by Gasteiger charge is 2.26. The largest absolute Gasteiger partial charge is 0.461 e. The third-order valence-electron chi connectivity index (χ3n) is 3.15. The van der Waals surface area contributed by atoms with E-state index in [0.717, 1.165) is 25.9 Å². The number of carbonyl (C=O) groups is 1. The van der Waals surface area contributed by atoms with Gasteiger partial charge in [-0.25, -0.2) is 0 Å². The molecule has 0 spiro atoms. The van der Waals surface area contributed by atoms with Gasteiger partial charge in [-0.05, 0) is 18.4 Å². The second-order valence-corrected chi connectivity index (χ2v) is 4.65. The Morgan fingerprint density at radius 3 is 2.53 bits per heavy atom. The normalized spacial score (nSPS) is 22.2. The monoisotopic (exact) mass is 263 g/mol. The van der Waals surface area contributed by atoms with E-state index in [1.807, 2.05) is 39.0 Å². The molecule has 1 heterocycles. The maximum absolute atomic E-state index is 11.4. The summed E-state index contributed by atoms with van der Waals surface area (Å²) in [5.74, 6) is 0.0168. The summed E-state index contributed by atoms with van der Waals surface area (Å²) in [6, 6.07) is 10.2. The van der Waals surface area contributed by atoms with E-state index in [4.69, 9.17) is 4.74 Å². The number of hydrogen-bond donors (Lipinski definition) is 1. The molecule has 106 valence electrons. The van der Waals surface area contributed by atoms with Gasteiger partial charge in [0.2, 0.25) is 0 Å². The molecule has 1 aliphatic rings. The van der Waals surface area contributed by atoms with Crippen molar-refractivity contribution in [1.29, 1.82) is 0 Å². The van der Waals surface area contributed by atoms with Crippen LogP contribution in [-0.2, 0) is 16.1 Å². The van der Waals surface area contributed by atoms with Gasteiger partial charge in [0.05, 0.1) is 5.92 Å². The van der Waals surface area contributed by atoms with Gasteiger partial charge in [-0.2, -0.15) is 0 Å². The summed E-state index contributed by atoms with van der Waals surface area (Å²) in [5.41, 5.74) is 1.25. The Labute approximate surface area is 116 Å². The second-order valence-electron chi connectivity index (χ2n) is 4.65. The van der Waals surface area contributed by atoms with Crippen LogP contribution in [0.4, 0.5) is 0 Å². The topological polar surface area (TPSA) is 38.3 Å². The molecule has 1 fully saturated rings. The van der Waals surface area contributed by atoms with E-state index in [1.165, 1.54) is 5.56 Å². The van der Waals surface area contributed by atoms with Crippen LogP contribution >= 0.6 is 0 Å². The maximum Gasteiger partial charge on any atom is 0.308 e. The van der Waals surface area contributed by atoms with Crippen LogP contribution in [0.2, 0.25) is 0 Å². The Morgan fingerprint density at radius 1 is 1.21 bits per heavy atom. The van der Waals surface area contributed by atoms with Crippen LogP contribution in [0.1, 0.15) is 39.2 Å². The SMILES string of the molecule is CC.CC1CCC(CNCc2ccccc2)OC1=O. The van der Waals surface area contributed by atoms with Crippen molar-refractivity contribution in [3.05, 3.63) is 35.9 Å². The van der Waals surface area contributed by atoms with E-state index in [-0.39, 0.29) is 18.0 Å². The first-order chi connectivity index (χ1) is 9.25. The lowest BCUT2D eigenvalue weighted by molar-refractivity contribution is -0.159. The highest BCUT2D eigenvalue weighted by atomic mass is 16.5. The Balaban J connectivity index is 0.000000861. The highest BCUT2D eigenvalue weighted by molar-refractivity contribution is 5.72. The molecule has 1 aromatic carbocycles. The average Bonchev–Trinajstić information content (AvgIpc) is 2.46. The van der Waals surface area contributed by atoms with Crippen molar-refractivity contribution in [1.82, 2.24) is 5.32 Å². The number of ether oxygens (including phenoxy) is 1. The van der Waals surface area contributed by atoms with Gasteiger partial charge in [-0.1, -0.05) is 51.1 Å². The van der Waals surface area contributed by atoms with Gasteiger partial charge in [0, 0.05) is 13.1 Å². The lowest BCUT2D eigenvalue weighted by Gasteiger charge is -2.26. The van der Waals surface area contributed by atoms with Crippen LogP contribution in [0.15, 0.2) is 30.3 Å². The molecule has 1 saturated heterocycles. The lowest BCUT2D eigenvalue weighted by atomic mass is 9.99. The lowest BCUT2D eigenvalue weighted by Crippen LogP contribution is -2.36. The second kappa shape index (κ2) is 8.70. The minimum Gasteiger partial charge on any atom is -0.461 e. The van der Waals surface area contributed by atoms with Gasteiger partial charge in [-0.3, -0.25) is 4.79 Å². The molecule has 3 nitrogen and oxygen atoms in total. The highest BCUT2D eigenvalue weighted by Crippen LogP contribution is 2.19. The first kappa shape index (κ1) is 15.7.